The fraction of sp³-hybridized carbons (Fsp3) is 0.435. The Hall–Kier alpha value is -2.62. The van der Waals surface area contributed by atoms with E-state index in [-0.39, 0.29) is 12.5 Å². The predicted molar refractivity (Wildman–Crippen MR) is 123 cm³/mol. The van der Waals surface area contributed by atoms with Crippen LogP contribution in [0, 0.1) is 6.92 Å². The van der Waals surface area contributed by atoms with Crippen LogP contribution in [0.3, 0.4) is 0 Å². The molecular formula is C23H31N3O5S. The second-order valence-corrected chi connectivity index (χ2v) is 9.73. The number of aryl methyl sites for hydroxylation is 1. The van der Waals surface area contributed by atoms with Gasteiger partial charge in [0.05, 0.1) is 20.8 Å². The molecule has 0 aliphatic carbocycles. The zero-order chi connectivity index (χ0) is 23.1. The smallest absolute Gasteiger partial charge is 0.282 e. The number of carbonyl (C=O) groups is 1. The molecule has 2 aromatic rings. The molecule has 1 fully saturated rings. The minimum Gasteiger partial charge on any atom is -0.493 e. The van der Waals surface area contributed by atoms with Crippen molar-refractivity contribution in [2.75, 3.05) is 40.4 Å². The molecule has 8 nitrogen and oxygen atoms in total. The van der Waals surface area contributed by atoms with Crippen LogP contribution in [0.2, 0.25) is 0 Å². The maximum Gasteiger partial charge on any atom is 0.282 e. The lowest BCUT2D eigenvalue weighted by atomic mass is 10.1. The molecule has 1 amide bonds. The third kappa shape index (κ3) is 5.99. The highest BCUT2D eigenvalue weighted by Crippen LogP contribution is 2.27. The molecule has 9 heteroatoms. The summed E-state index contributed by atoms with van der Waals surface area (Å²) in [7, 11) is -0.535. The standard InChI is InChI=1S/C23H31N3O5S/c1-18-5-7-20(8-6-18)16-25-13-4-14-26(32(25,28)29)17-23(27)24-12-11-19-9-10-21(30-2)22(15-19)31-3/h5-10,15H,4,11-14,16-17H2,1-3H3,(H,24,27). The van der Waals surface area contributed by atoms with Gasteiger partial charge in [0.15, 0.2) is 11.5 Å². The number of methoxy groups -OCH3 is 2. The Labute approximate surface area is 190 Å². The van der Waals surface area contributed by atoms with Crippen LogP contribution in [0.4, 0.5) is 0 Å². The second-order valence-electron chi connectivity index (χ2n) is 7.80. The molecule has 1 aliphatic rings. The summed E-state index contributed by atoms with van der Waals surface area (Å²) in [6, 6.07) is 13.4. The normalized spacial score (nSPS) is 16.5. The lowest BCUT2D eigenvalue weighted by molar-refractivity contribution is -0.121. The van der Waals surface area contributed by atoms with E-state index in [1.54, 1.807) is 14.2 Å². The molecule has 1 saturated heterocycles. The molecule has 0 atom stereocenters. The van der Waals surface area contributed by atoms with Gasteiger partial charge in [-0.25, -0.2) is 0 Å². The van der Waals surface area contributed by atoms with Crippen LogP contribution < -0.4 is 14.8 Å². The second kappa shape index (κ2) is 10.8. The SMILES string of the molecule is COc1ccc(CCNC(=O)CN2CCCN(Cc3ccc(C)cc3)S2(=O)=O)cc1OC. The van der Waals surface area contributed by atoms with Crippen LogP contribution in [0.15, 0.2) is 42.5 Å². The quantitative estimate of drug-likeness (QED) is 0.618. The van der Waals surface area contributed by atoms with Crippen LogP contribution in [0.1, 0.15) is 23.1 Å². The Bertz CT molecular complexity index is 1020. The van der Waals surface area contributed by atoms with Gasteiger partial charge in [-0.2, -0.15) is 17.0 Å². The Kier molecular flexibility index (Phi) is 8.11. The maximum absolute atomic E-state index is 13.0. The monoisotopic (exact) mass is 461 g/mol. The molecule has 0 aromatic heterocycles. The number of ether oxygens (including phenoxy) is 2. The van der Waals surface area contributed by atoms with Gasteiger partial charge in [0.25, 0.3) is 10.2 Å². The maximum atomic E-state index is 13.0. The Morgan fingerprint density at radius 3 is 2.31 bits per heavy atom. The zero-order valence-corrected chi connectivity index (χ0v) is 19.7. The number of nitrogens with zero attached hydrogens (tertiary/aromatic N) is 2. The summed E-state index contributed by atoms with van der Waals surface area (Å²) in [5, 5.41) is 2.82. The summed E-state index contributed by atoms with van der Waals surface area (Å²) in [5.74, 6) is 0.960. The van der Waals surface area contributed by atoms with E-state index in [1.165, 1.54) is 8.61 Å². The van der Waals surface area contributed by atoms with E-state index < -0.39 is 10.2 Å². The summed E-state index contributed by atoms with van der Waals surface area (Å²) >= 11 is 0. The van der Waals surface area contributed by atoms with Gasteiger partial charge in [0, 0.05) is 26.2 Å². The van der Waals surface area contributed by atoms with Gasteiger partial charge in [0.2, 0.25) is 5.91 Å². The van der Waals surface area contributed by atoms with Crippen molar-refractivity contribution in [3.8, 4) is 11.5 Å². The molecule has 32 heavy (non-hydrogen) atoms. The number of amides is 1. The number of carbonyl (C=O) groups excluding carboxylic acids is 1. The van der Waals surface area contributed by atoms with Gasteiger partial charge < -0.3 is 14.8 Å². The number of hydrogen-bond donors (Lipinski definition) is 1. The first-order chi connectivity index (χ1) is 15.3. The minimum absolute atomic E-state index is 0.182. The molecule has 0 bridgehead atoms. The molecule has 2 aromatic carbocycles. The van der Waals surface area contributed by atoms with E-state index in [1.807, 2.05) is 49.4 Å². The molecule has 0 spiro atoms. The van der Waals surface area contributed by atoms with Gasteiger partial charge in [0.1, 0.15) is 0 Å². The van der Waals surface area contributed by atoms with Gasteiger partial charge in [-0.3, -0.25) is 4.79 Å². The van der Waals surface area contributed by atoms with Crippen molar-refractivity contribution in [2.24, 2.45) is 0 Å². The minimum atomic E-state index is -3.69. The Morgan fingerprint density at radius 2 is 1.62 bits per heavy atom. The zero-order valence-electron chi connectivity index (χ0n) is 18.8. The van der Waals surface area contributed by atoms with Crippen molar-refractivity contribution in [3.63, 3.8) is 0 Å². The molecule has 1 heterocycles. The number of hydrogen-bond acceptors (Lipinski definition) is 5. The van der Waals surface area contributed by atoms with Crippen LogP contribution in [-0.2, 0) is 28.0 Å². The molecule has 0 saturated carbocycles. The van der Waals surface area contributed by atoms with E-state index >= 15 is 0 Å². The average molecular weight is 462 g/mol. The predicted octanol–water partition coefficient (Wildman–Crippen LogP) is 2.12. The Balaban J connectivity index is 1.53. The highest BCUT2D eigenvalue weighted by atomic mass is 32.2. The number of benzene rings is 2. The molecule has 174 valence electrons. The third-order valence-corrected chi connectivity index (χ3v) is 7.38. The van der Waals surface area contributed by atoms with Crippen LogP contribution >= 0.6 is 0 Å². The molecule has 1 aliphatic heterocycles. The summed E-state index contributed by atoms with van der Waals surface area (Å²) in [6.07, 6.45) is 1.28. The molecule has 0 radical (unpaired) electrons. The van der Waals surface area contributed by atoms with Crippen molar-refractivity contribution in [2.45, 2.75) is 26.3 Å². The molecular weight excluding hydrogens is 430 g/mol. The Morgan fingerprint density at radius 1 is 0.969 bits per heavy atom. The average Bonchev–Trinajstić information content (AvgIpc) is 2.78. The summed E-state index contributed by atoms with van der Waals surface area (Å²) in [4.78, 5) is 12.4. The molecule has 3 rings (SSSR count). The van der Waals surface area contributed by atoms with Crippen molar-refractivity contribution in [3.05, 3.63) is 59.2 Å². The van der Waals surface area contributed by atoms with Gasteiger partial charge in [-0.1, -0.05) is 35.9 Å². The fourth-order valence-electron chi connectivity index (χ4n) is 3.63. The molecule has 0 unspecified atom stereocenters. The first kappa shape index (κ1) is 24.0. The number of rotatable bonds is 9. The van der Waals surface area contributed by atoms with Crippen molar-refractivity contribution < 1.29 is 22.7 Å². The van der Waals surface area contributed by atoms with Gasteiger partial charge >= 0.3 is 0 Å². The first-order valence-electron chi connectivity index (χ1n) is 10.6. The first-order valence-corrected chi connectivity index (χ1v) is 12.0. The van der Waals surface area contributed by atoms with E-state index in [2.05, 4.69) is 5.32 Å². The van der Waals surface area contributed by atoms with Crippen molar-refractivity contribution in [1.29, 1.82) is 0 Å². The largest absolute Gasteiger partial charge is 0.493 e. The lowest BCUT2D eigenvalue weighted by Crippen LogP contribution is -2.52. The van der Waals surface area contributed by atoms with Gasteiger partial charge in [-0.15, -0.1) is 0 Å². The van der Waals surface area contributed by atoms with Crippen molar-refractivity contribution in [1.82, 2.24) is 13.9 Å². The lowest BCUT2D eigenvalue weighted by Gasteiger charge is -2.34. The van der Waals surface area contributed by atoms with E-state index in [9.17, 15) is 13.2 Å². The molecule has 1 N–H and O–H groups in total. The number of nitrogens with one attached hydrogen (secondary N) is 1. The van der Waals surface area contributed by atoms with E-state index in [4.69, 9.17) is 9.47 Å². The third-order valence-electron chi connectivity index (χ3n) is 5.45. The van der Waals surface area contributed by atoms with Crippen LogP contribution in [-0.4, -0.2) is 63.3 Å². The van der Waals surface area contributed by atoms with Crippen LogP contribution in [0.5, 0.6) is 11.5 Å². The van der Waals surface area contributed by atoms with E-state index in [0.717, 1.165) is 16.7 Å². The highest BCUT2D eigenvalue weighted by molar-refractivity contribution is 7.86. The van der Waals surface area contributed by atoms with Gasteiger partial charge in [-0.05, 0) is 43.0 Å². The summed E-state index contributed by atoms with van der Waals surface area (Å²) < 4.78 is 39.2. The summed E-state index contributed by atoms with van der Waals surface area (Å²) in [6.45, 7) is 3.31. The van der Waals surface area contributed by atoms with E-state index in [0.29, 0.717) is 50.5 Å². The van der Waals surface area contributed by atoms with Crippen molar-refractivity contribution >= 4 is 16.1 Å². The topological polar surface area (TPSA) is 88.2 Å². The fourth-order valence-corrected chi connectivity index (χ4v) is 5.27. The van der Waals surface area contributed by atoms with Crippen LogP contribution in [0.25, 0.3) is 0 Å². The summed E-state index contributed by atoms with van der Waals surface area (Å²) in [5.41, 5.74) is 3.04. The highest BCUT2D eigenvalue weighted by Gasteiger charge is 2.34.